The van der Waals surface area contributed by atoms with Gasteiger partial charge in [0.15, 0.2) is 0 Å². The Balaban J connectivity index is 1.60. The summed E-state index contributed by atoms with van der Waals surface area (Å²) in [5.41, 5.74) is 0. The quantitative estimate of drug-likeness (QED) is 0.530. The molecule has 0 saturated carbocycles. The van der Waals surface area contributed by atoms with Crippen molar-refractivity contribution in [3.8, 4) is 0 Å². The van der Waals surface area contributed by atoms with Gasteiger partial charge in [-0.3, -0.25) is 9.36 Å². The minimum atomic E-state index is 0.902. The van der Waals surface area contributed by atoms with Crippen LogP contribution in [0.4, 0.5) is 0 Å². The van der Waals surface area contributed by atoms with Crippen molar-refractivity contribution >= 4 is 45.2 Å². The highest BCUT2D eigenvalue weighted by Gasteiger charge is 1.96. The van der Waals surface area contributed by atoms with Gasteiger partial charge in [-0.15, -0.1) is 0 Å². The van der Waals surface area contributed by atoms with Crippen LogP contribution in [-0.4, -0.2) is 32.7 Å². The second-order valence-corrected chi connectivity index (χ2v) is 6.08. The molecule has 0 unspecified atom stereocenters. The van der Waals surface area contributed by atoms with E-state index in [9.17, 15) is 0 Å². The summed E-state index contributed by atoms with van der Waals surface area (Å²) in [4.78, 5) is 0. The second kappa shape index (κ2) is 6.69. The molecule has 0 aliphatic carbocycles. The first-order chi connectivity index (χ1) is 8.24. The molecule has 0 fully saturated rings. The van der Waals surface area contributed by atoms with Gasteiger partial charge in [-0.25, -0.2) is 0 Å². The van der Waals surface area contributed by atoms with E-state index < -0.39 is 0 Å². The number of aromatic nitrogens is 4. The van der Waals surface area contributed by atoms with Crippen molar-refractivity contribution in [2.45, 2.75) is 13.1 Å². The van der Waals surface area contributed by atoms with Crippen LogP contribution in [-0.2, 0) is 13.1 Å². The van der Waals surface area contributed by atoms with E-state index in [0.717, 1.165) is 26.2 Å². The summed E-state index contributed by atoms with van der Waals surface area (Å²) in [6.45, 7) is 3.66. The fourth-order valence-corrected chi connectivity index (χ4v) is 2.33. The van der Waals surface area contributed by atoms with Gasteiger partial charge in [0.2, 0.25) is 0 Å². The number of hydrogen-bond donors (Lipinski definition) is 1. The fraction of sp³-hybridized carbons (Fsp3) is 0.400. The Bertz CT molecular complexity index is 422. The highest BCUT2D eigenvalue weighted by atomic mass is 127. The first-order valence-corrected chi connectivity index (χ1v) is 7.46. The summed E-state index contributed by atoms with van der Waals surface area (Å²) in [7, 11) is 0. The van der Waals surface area contributed by atoms with Crippen molar-refractivity contribution in [2.24, 2.45) is 0 Å². The molecule has 92 valence electrons. The van der Waals surface area contributed by atoms with E-state index in [2.05, 4.69) is 60.7 Å². The topological polar surface area (TPSA) is 47.7 Å². The van der Waals surface area contributed by atoms with E-state index in [4.69, 9.17) is 0 Å². The lowest BCUT2D eigenvalue weighted by Crippen LogP contribution is -2.24. The van der Waals surface area contributed by atoms with Gasteiger partial charge in [0.25, 0.3) is 0 Å². The third-order valence-electron chi connectivity index (χ3n) is 2.24. The molecule has 5 nitrogen and oxygen atoms in total. The molecular formula is C10H13I2N5. The third-order valence-corrected chi connectivity index (χ3v) is 3.35. The summed E-state index contributed by atoms with van der Waals surface area (Å²) in [5, 5.41) is 11.8. The molecule has 0 bridgehead atoms. The van der Waals surface area contributed by atoms with Crippen molar-refractivity contribution in [1.29, 1.82) is 0 Å². The third kappa shape index (κ3) is 4.54. The number of hydrogen-bond acceptors (Lipinski definition) is 3. The van der Waals surface area contributed by atoms with E-state index in [1.54, 1.807) is 0 Å². The average Bonchev–Trinajstić information content (AvgIpc) is 2.88. The SMILES string of the molecule is Ic1cnn(CCNCCn2cc(I)cn2)c1. The Morgan fingerprint density at radius 3 is 1.76 bits per heavy atom. The van der Waals surface area contributed by atoms with Crippen molar-refractivity contribution in [2.75, 3.05) is 13.1 Å². The molecule has 7 heteroatoms. The number of nitrogens with one attached hydrogen (secondary N) is 1. The standard InChI is InChI=1S/C10H13I2N5/c11-9-5-14-16(7-9)3-1-13-2-4-17-8-10(12)6-15-17/h5-8,13H,1-4H2. The second-order valence-electron chi connectivity index (χ2n) is 3.59. The number of rotatable bonds is 6. The van der Waals surface area contributed by atoms with Crippen molar-refractivity contribution in [3.63, 3.8) is 0 Å². The molecule has 2 aromatic rings. The first kappa shape index (κ1) is 13.3. The minimum Gasteiger partial charge on any atom is -0.313 e. The molecule has 0 amide bonds. The predicted molar refractivity (Wildman–Crippen MR) is 82.8 cm³/mol. The van der Waals surface area contributed by atoms with E-state index >= 15 is 0 Å². The van der Waals surface area contributed by atoms with Crippen molar-refractivity contribution in [3.05, 3.63) is 31.9 Å². The molecule has 0 saturated heterocycles. The van der Waals surface area contributed by atoms with Crippen LogP contribution >= 0.6 is 45.2 Å². The maximum Gasteiger partial charge on any atom is 0.0623 e. The molecule has 0 aliphatic rings. The van der Waals surface area contributed by atoms with E-state index in [1.165, 1.54) is 7.14 Å². The maximum atomic E-state index is 4.23. The normalized spacial score (nSPS) is 10.9. The molecule has 2 heterocycles. The summed E-state index contributed by atoms with van der Waals surface area (Å²) >= 11 is 4.53. The van der Waals surface area contributed by atoms with Crippen LogP contribution in [0, 0.1) is 7.14 Å². The summed E-state index contributed by atoms with van der Waals surface area (Å²) in [6, 6.07) is 0. The highest BCUT2D eigenvalue weighted by Crippen LogP contribution is 2.01. The minimum absolute atomic E-state index is 0.902. The molecule has 17 heavy (non-hydrogen) atoms. The van der Waals surface area contributed by atoms with Crippen LogP contribution in [0.2, 0.25) is 0 Å². The van der Waals surface area contributed by atoms with Crippen LogP contribution in [0.5, 0.6) is 0 Å². The van der Waals surface area contributed by atoms with Crippen LogP contribution in [0.1, 0.15) is 0 Å². The first-order valence-electron chi connectivity index (χ1n) is 5.31. The Hall–Kier alpha value is -0.160. The lowest BCUT2D eigenvalue weighted by atomic mass is 10.5. The van der Waals surface area contributed by atoms with E-state index in [0.29, 0.717) is 0 Å². The zero-order valence-corrected chi connectivity index (χ0v) is 13.5. The number of nitrogens with zero attached hydrogens (tertiary/aromatic N) is 4. The van der Waals surface area contributed by atoms with Gasteiger partial charge >= 0.3 is 0 Å². The zero-order chi connectivity index (χ0) is 12.1. The van der Waals surface area contributed by atoms with Gasteiger partial charge in [0, 0.05) is 25.5 Å². The molecule has 0 aliphatic heterocycles. The molecule has 2 rings (SSSR count). The molecule has 2 aromatic heterocycles. The van der Waals surface area contributed by atoms with Crippen molar-refractivity contribution < 1.29 is 0 Å². The number of halogens is 2. The summed E-state index contributed by atoms with van der Waals surface area (Å²) in [6.07, 6.45) is 7.81. The molecular weight excluding hydrogens is 444 g/mol. The fourth-order valence-electron chi connectivity index (χ4n) is 1.43. The molecule has 0 radical (unpaired) electrons. The van der Waals surface area contributed by atoms with Crippen LogP contribution in [0.3, 0.4) is 0 Å². The molecule has 0 spiro atoms. The van der Waals surface area contributed by atoms with E-state index in [-0.39, 0.29) is 0 Å². The average molecular weight is 457 g/mol. The monoisotopic (exact) mass is 457 g/mol. The van der Waals surface area contributed by atoms with Gasteiger partial charge in [0.05, 0.1) is 32.6 Å². The van der Waals surface area contributed by atoms with Gasteiger partial charge in [0.1, 0.15) is 0 Å². The van der Waals surface area contributed by atoms with Gasteiger partial charge in [-0.05, 0) is 45.2 Å². The van der Waals surface area contributed by atoms with Crippen LogP contribution in [0.15, 0.2) is 24.8 Å². The Morgan fingerprint density at radius 1 is 0.941 bits per heavy atom. The molecule has 1 N–H and O–H groups in total. The molecule has 0 aromatic carbocycles. The van der Waals surface area contributed by atoms with Gasteiger partial charge < -0.3 is 5.32 Å². The van der Waals surface area contributed by atoms with Crippen molar-refractivity contribution in [1.82, 2.24) is 24.9 Å². The Kier molecular flexibility index (Phi) is 5.22. The maximum absolute atomic E-state index is 4.23. The highest BCUT2D eigenvalue weighted by molar-refractivity contribution is 14.1. The summed E-state index contributed by atoms with van der Waals surface area (Å²) < 4.78 is 6.25. The Morgan fingerprint density at radius 2 is 1.41 bits per heavy atom. The predicted octanol–water partition coefficient (Wildman–Crippen LogP) is 1.58. The smallest absolute Gasteiger partial charge is 0.0623 e. The summed E-state index contributed by atoms with van der Waals surface area (Å²) in [5.74, 6) is 0. The largest absolute Gasteiger partial charge is 0.313 e. The lowest BCUT2D eigenvalue weighted by Gasteiger charge is -2.05. The van der Waals surface area contributed by atoms with Gasteiger partial charge in [-0.1, -0.05) is 0 Å². The van der Waals surface area contributed by atoms with Crippen LogP contribution in [0.25, 0.3) is 0 Å². The Labute approximate surface area is 127 Å². The van der Waals surface area contributed by atoms with E-state index in [1.807, 2.05) is 34.2 Å². The van der Waals surface area contributed by atoms with Crippen LogP contribution < -0.4 is 5.32 Å². The zero-order valence-electron chi connectivity index (χ0n) is 9.18. The molecule has 0 atom stereocenters. The van der Waals surface area contributed by atoms with Gasteiger partial charge in [-0.2, -0.15) is 10.2 Å². The lowest BCUT2D eigenvalue weighted by molar-refractivity contribution is 0.514.